The second kappa shape index (κ2) is 2.88. The Hall–Kier alpha value is 0.270. The second-order valence-electron chi connectivity index (χ2n) is 4.80. The highest BCUT2D eigenvalue weighted by Gasteiger charge is 2.46. The largest absolute Gasteiger partial charge is 0.298 e. The van der Waals surface area contributed by atoms with E-state index >= 15 is 0 Å². The van der Waals surface area contributed by atoms with Gasteiger partial charge in [-0.3, -0.25) is 10.2 Å². The Morgan fingerprint density at radius 2 is 2.31 bits per heavy atom. The third-order valence-corrected chi connectivity index (χ3v) is 5.11. The minimum atomic E-state index is 0.446. The van der Waals surface area contributed by atoms with Gasteiger partial charge in [0.1, 0.15) is 0 Å². The summed E-state index contributed by atoms with van der Waals surface area (Å²) < 4.78 is 0. The molecule has 2 unspecified atom stereocenters. The van der Waals surface area contributed by atoms with Gasteiger partial charge >= 0.3 is 0 Å². The van der Waals surface area contributed by atoms with E-state index in [0.29, 0.717) is 4.87 Å². The first kappa shape index (κ1) is 8.57. The first-order valence-corrected chi connectivity index (χ1v) is 6.42. The predicted octanol–water partition coefficient (Wildman–Crippen LogP) is 1.28. The standard InChI is InChI=1S/C10H18N2S/c1-8-6-13-10(11-8)4-5-12(7-10)9-2-3-9/h8-9,11H,2-7H2,1H3. The van der Waals surface area contributed by atoms with E-state index in [1.807, 2.05) is 0 Å². The molecule has 74 valence electrons. The fourth-order valence-electron chi connectivity index (χ4n) is 2.61. The zero-order valence-electron chi connectivity index (χ0n) is 8.25. The Morgan fingerprint density at radius 1 is 1.46 bits per heavy atom. The number of nitrogens with one attached hydrogen (secondary N) is 1. The molecule has 2 heterocycles. The van der Waals surface area contributed by atoms with E-state index in [2.05, 4.69) is 28.9 Å². The molecule has 3 heteroatoms. The van der Waals surface area contributed by atoms with Crippen molar-refractivity contribution in [2.24, 2.45) is 0 Å². The van der Waals surface area contributed by atoms with Crippen LogP contribution in [0.25, 0.3) is 0 Å². The van der Waals surface area contributed by atoms with Crippen LogP contribution in [0.5, 0.6) is 0 Å². The first-order valence-electron chi connectivity index (χ1n) is 5.43. The number of rotatable bonds is 1. The third kappa shape index (κ3) is 1.51. The Morgan fingerprint density at radius 3 is 2.92 bits per heavy atom. The molecule has 1 spiro atoms. The van der Waals surface area contributed by atoms with Gasteiger partial charge in [-0.2, -0.15) is 0 Å². The second-order valence-corrected chi connectivity index (χ2v) is 6.21. The zero-order chi connectivity index (χ0) is 8.89. The molecule has 2 nitrogen and oxygen atoms in total. The maximum absolute atomic E-state index is 3.76. The molecule has 13 heavy (non-hydrogen) atoms. The highest BCUT2D eigenvalue weighted by Crippen LogP contribution is 2.41. The third-order valence-electron chi connectivity index (χ3n) is 3.44. The van der Waals surface area contributed by atoms with Gasteiger partial charge in [-0.25, -0.2) is 0 Å². The summed E-state index contributed by atoms with van der Waals surface area (Å²) in [6.07, 6.45) is 4.27. The molecule has 1 N–H and O–H groups in total. The lowest BCUT2D eigenvalue weighted by atomic mass is 10.2. The maximum Gasteiger partial charge on any atom is 0.0788 e. The fraction of sp³-hybridized carbons (Fsp3) is 1.00. The molecule has 0 amide bonds. The molecule has 2 atom stereocenters. The molecule has 0 aromatic rings. The van der Waals surface area contributed by atoms with Crippen LogP contribution >= 0.6 is 11.8 Å². The minimum Gasteiger partial charge on any atom is -0.298 e. The highest BCUT2D eigenvalue weighted by molar-refractivity contribution is 8.01. The highest BCUT2D eigenvalue weighted by atomic mass is 32.2. The Labute approximate surface area is 84.4 Å². The zero-order valence-corrected chi connectivity index (χ0v) is 9.07. The van der Waals surface area contributed by atoms with Crippen molar-refractivity contribution in [1.29, 1.82) is 0 Å². The number of hydrogen-bond acceptors (Lipinski definition) is 3. The molecule has 3 aliphatic rings. The minimum absolute atomic E-state index is 0.446. The quantitative estimate of drug-likeness (QED) is 0.683. The normalized spacial score (nSPS) is 46.4. The lowest BCUT2D eigenvalue weighted by molar-refractivity contribution is 0.311. The summed E-state index contributed by atoms with van der Waals surface area (Å²) in [7, 11) is 0. The number of thioether (sulfide) groups is 1. The van der Waals surface area contributed by atoms with Gasteiger partial charge in [0.15, 0.2) is 0 Å². The molecule has 2 saturated heterocycles. The van der Waals surface area contributed by atoms with Crippen LogP contribution in [0.1, 0.15) is 26.2 Å². The van der Waals surface area contributed by atoms with E-state index in [1.54, 1.807) is 0 Å². The molecule has 1 aliphatic carbocycles. The summed E-state index contributed by atoms with van der Waals surface area (Å²) in [6, 6.07) is 1.68. The van der Waals surface area contributed by atoms with Gasteiger partial charge in [-0.15, -0.1) is 11.8 Å². The lowest BCUT2D eigenvalue weighted by Gasteiger charge is -2.24. The van der Waals surface area contributed by atoms with Gasteiger partial charge in [-0.05, 0) is 26.2 Å². The van der Waals surface area contributed by atoms with Crippen LogP contribution in [0.3, 0.4) is 0 Å². The van der Waals surface area contributed by atoms with Gasteiger partial charge in [0.2, 0.25) is 0 Å². The van der Waals surface area contributed by atoms with E-state index in [0.717, 1.165) is 12.1 Å². The van der Waals surface area contributed by atoms with Gasteiger partial charge in [0.05, 0.1) is 4.87 Å². The monoisotopic (exact) mass is 198 g/mol. The number of likely N-dealkylation sites (tertiary alicyclic amines) is 1. The van der Waals surface area contributed by atoms with Crippen molar-refractivity contribution in [2.75, 3.05) is 18.8 Å². The topological polar surface area (TPSA) is 15.3 Å². The summed E-state index contributed by atoms with van der Waals surface area (Å²) in [5.41, 5.74) is 0. The van der Waals surface area contributed by atoms with Crippen LogP contribution in [0.2, 0.25) is 0 Å². The SMILES string of the molecule is CC1CSC2(CCN(C3CC3)C2)N1. The summed E-state index contributed by atoms with van der Waals surface area (Å²) in [5.74, 6) is 1.30. The van der Waals surface area contributed by atoms with Gasteiger partial charge in [0, 0.05) is 30.9 Å². The van der Waals surface area contributed by atoms with Gasteiger partial charge in [0.25, 0.3) is 0 Å². The molecule has 3 rings (SSSR count). The molecule has 0 bridgehead atoms. The van der Waals surface area contributed by atoms with Crippen molar-refractivity contribution in [2.45, 2.75) is 43.1 Å². The molecule has 1 saturated carbocycles. The van der Waals surface area contributed by atoms with Crippen LogP contribution in [-0.4, -0.2) is 40.7 Å². The predicted molar refractivity (Wildman–Crippen MR) is 57.0 cm³/mol. The van der Waals surface area contributed by atoms with Crippen molar-refractivity contribution in [3.8, 4) is 0 Å². The van der Waals surface area contributed by atoms with Gasteiger partial charge in [-0.1, -0.05) is 0 Å². The van der Waals surface area contributed by atoms with Crippen molar-refractivity contribution >= 4 is 11.8 Å². The summed E-state index contributed by atoms with van der Waals surface area (Å²) in [5, 5.41) is 3.76. The Bertz CT molecular complexity index is 217. The van der Waals surface area contributed by atoms with E-state index in [1.165, 1.54) is 38.1 Å². The van der Waals surface area contributed by atoms with Crippen molar-refractivity contribution < 1.29 is 0 Å². The van der Waals surface area contributed by atoms with Crippen LogP contribution in [0.4, 0.5) is 0 Å². The fourth-order valence-corrected chi connectivity index (χ4v) is 4.04. The molecule has 3 fully saturated rings. The average Bonchev–Trinajstić information content (AvgIpc) is 2.80. The molecule has 0 aromatic heterocycles. The van der Waals surface area contributed by atoms with E-state index < -0.39 is 0 Å². The summed E-state index contributed by atoms with van der Waals surface area (Å²) >= 11 is 2.16. The van der Waals surface area contributed by atoms with E-state index in [4.69, 9.17) is 0 Å². The van der Waals surface area contributed by atoms with Gasteiger partial charge < -0.3 is 0 Å². The van der Waals surface area contributed by atoms with Crippen LogP contribution in [-0.2, 0) is 0 Å². The molecular formula is C10H18N2S. The first-order chi connectivity index (χ1) is 6.27. The van der Waals surface area contributed by atoms with E-state index in [9.17, 15) is 0 Å². The lowest BCUT2D eigenvalue weighted by Crippen LogP contribution is -2.43. The number of nitrogens with zero attached hydrogens (tertiary/aromatic N) is 1. The molecule has 0 aromatic carbocycles. The van der Waals surface area contributed by atoms with Crippen molar-refractivity contribution in [3.05, 3.63) is 0 Å². The Balaban J connectivity index is 1.66. The summed E-state index contributed by atoms with van der Waals surface area (Å²) in [4.78, 5) is 3.14. The smallest absolute Gasteiger partial charge is 0.0788 e. The Kier molecular flexibility index (Phi) is 1.90. The van der Waals surface area contributed by atoms with Crippen LogP contribution < -0.4 is 5.32 Å². The molecule has 0 radical (unpaired) electrons. The van der Waals surface area contributed by atoms with E-state index in [-0.39, 0.29) is 0 Å². The van der Waals surface area contributed by atoms with Crippen molar-refractivity contribution in [1.82, 2.24) is 10.2 Å². The van der Waals surface area contributed by atoms with Crippen LogP contribution in [0, 0.1) is 0 Å². The molecule has 2 aliphatic heterocycles. The van der Waals surface area contributed by atoms with Crippen molar-refractivity contribution in [3.63, 3.8) is 0 Å². The summed E-state index contributed by atoms with van der Waals surface area (Å²) in [6.45, 7) is 4.94. The van der Waals surface area contributed by atoms with Crippen LogP contribution in [0.15, 0.2) is 0 Å². The molecular weight excluding hydrogens is 180 g/mol. The number of hydrogen-bond donors (Lipinski definition) is 1. The maximum atomic E-state index is 3.76. The average molecular weight is 198 g/mol.